The molecule has 1 heterocycles. The molecule has 2 aliphatic rings. The zero-order valence-corrected chi connectivity index (χ0v) is 8.69. The number of hydrogen-bond donors (Lipinski definition) is 1. The molecule has 1 saturated carbocycles. The first-order valence-corrected chi connectivity index (χ1v) is 5.33. The van der Waals surface area contributed by atoms with Gasteiger partial charge in [0, 0.05) is 0 Å². The molecule has 3 nitrogen and oxygen atoms in total. The van der Waals surface area contributed by atoms with Crippen LogP contribution >= 0.6 is 0 Å². The predicted octanol–water partition coefficient (Wildman–Crippen LogP) is 1.69. The summed E-state index contributed by atoms with van der Waals surface area (Å²) >= 11 is 0. The molecule has 1 N–H and O–H groups in total. The zero-order valence-electron chi connectivity index (χ0n) is 8.69. The molecule has 3 rings (SSSR count). The first-order chi connectivity index (χ1) is 7.20. The van der Waals surface area contributed by atoms with Crippen molar-refractivity contribution in [3.63, 3.8) is 0 Å². The molecule has 1 aliphatic heterocycles. The van der Waals surface area contributed by atoms with Crippen molar-refractivity contribution in [3.8, 4) is 11.5 Å². The van der Waals surface area contributed by atoms with Gasteiger partial charge in [0.2, 0.25) is 0 Å². The molecule has 0 saturated heterocycles. The topological polar surface area (TPSA) is 38.7 Å². The maximum Gasteiger partial charge on any atom is 0.161 e. The van der Waals surface area contributed by atoms with E-state index in [1.807, 2.05) is 18.2 Å². The van der Waals surface area contributed by atoms with E-state index in [9.17, 15) is 5.11 Å². The third-order valence-corrected chi connectivity index (χ3v) is 3.31. The molecule has 0 aromatic heterocycles. The van der Waals surface area contributed by atoms with Gasteiger partial charge in [0.1, 0.15) is 13.2 Å². The molecule has 0 bridgehead atoms. The Balaban J connectivity index is 1.98. The normalized spacial score (nSPS) is 32.5. The first kappa shape index (κ1) is 9.04. The van der Waals surface area contributed by atoms with Crippen LogP contribution in [-0.2, 0) is 5.60 Å². The Bertz CT molecular complexity index is 402. The molecule has 1 aromatic carbocycles. The lowest BCUT2D eigenvalue weighted by Crippen LogP contribution is -2.16. The summed E-state index contributed by atoms with van der Waals surface area (Å²) in [6.45, 7) is 3.24. The highest BCUT2D eigenvalue weighted by Gasteiger charge is 2.51. The van der Waals surface area contributed by atoms with Crippen LogP contribution < -0.4 is 9.47 Å². The van der Waals surface area contributed by atoms with E-state index in [0.29, 0.717) is 19.1 Å². The van der Waals surface area contributed by atoms with Crippen molar-refractivity contribution >= 4 is 0 Å². The molecule has 80 valence electrons. The number of aliphatic hydroxyl groups is 1. The van der Waals surface area contributed by atoms with E-state index in [0.717, 1.165) is 23.5 Å². The predicted molar refractivity (Wildman–Crippen MR) is 55.1 cm³/mol. The summed E-state index contributed by atoms with van der Waals surface area (Å²) in [5, 5.41) is 10.2. The van der Waals surface area contributed by atoms with Crippen molar-refractivity contribution < 1.29 is 14.6 Å². The van der Waals surface area contributed by atoms with Crippen LogP contribution in [0.2, 0.25) is 0 Å². The number of rotatable bonds is 1. The van der Waals surface area contributed by atoms with Crippen LogP contribution in [0.4, 0.5) is 0 Å². The second kappa shape index (κ2) is 2.89. The summed E-state index contributed by atoms with van der Waals surface area (Å²) < 4.78 is 10.9. The molecule has 2 unspecified atom stereocenters. The molecule has 1 aromatic rings. The Hall–Kier alpha value is -1.22. The summed E-state index contributed by atoms with van der Waals surface area (Å²) in [5.74, 6) is 1.88. The highest BCUT2D eigenvalue weighted by molar-refractivity contribution is 5.46. The van der Waals surface area contributed by atoms with Gasteiger partial charge in [-0.1, -0.05) is 13.0 Å². The van der Waals surface area contributed by atoms with Crippen LogP contribution in [0.5, 0.6) is 11.5 Å². The molecule has 2 atom stereocenters. The molecular weight excluding hydrogens is 192 g/mol. The van der Waals surface area contributed by atoms with E-state index in [4.69, 9.17) is 9.47 Å². The molecule has 0 spiro atoms. The lowest BCUT2D eigenvalue weighted by molar-refractivity contribution is 0.132. The third kappa shape index (κ3) is 1.30. The van der Waals surface area contributed by atoms with Crippen molar-refractivity contribution in [2.75, 3.05) is 13.2 Å². The van der Waals surface area contributed by atoms with Crippen LogP contribution in [0.25, 0.3) is 0 Å². The van der Waals surface area contributed by atoms with E-state index in [-0.39, 0.29) is 0 Å². The van der Waals surface area contributed by atoms with Gasteiger partial charge in [-0.2, -0.15) is 0 Å². The number of hydrogen-bond acceptors (Lipinski definition) is 3. The molecule has 1 aliphatic carbocycles. The maximum absolute atomic E-state index is 10.2. The SMILES string of the molecule is CC1CC1(O)c1ccc2c(c1)OCCO2. The Morgan fingerprint density at radius 2 is 1.93 bits per heavy atom. The summed E-state index contributed by atoms with van der Waals surface area (Å²) in [7, 11) is 0. The van der Waals surface area contributed by atoms with Crippen molar-refractivity contribution in [2.45, 2.75) is 18.9 Å². The van der Waals surface area contributed by atoms with Crippen LogP contribution in [-0.4, -0.2) is 18.3 Å². The van der Waals surface area contributed by atoms with Gasteiger partial charge in [-0.25, -0.2) is 0 Å². The van der Waals surface area contributed by atoms with Crippen molar-refractivity contribution in [1.82, 2.24) is 0 Å². The Morgan fingerprint density at radius 3 is 2.60 bits per heavy atom. The molecule has 0 amide bonds. The summed E-state index contributed by atoms with van der Waals surface area (Å²) in [4.78, 5) is 0. The van der Waals surface area contributed by atoms with Gasteiger partial charge in [0.15, 0.2) is 11.5 Å². The molecule has 0 radical (unpaired) electrons. The van der Waals surface area contributed by atoms with E-state index in [2.05, 4.69) is 6.92 Å². The fourth-order valence-corrected chi connectivity index (χ4v) is 2.12. The van der Waals surface area contributed by atoms with E-state index in [1.54, 1.807) is 0 Å². The monoisotopic (exact) mass is 206 g/mol. The standard InChI is InChI=1S/C12H14O3/c1-8-7-12(8,13)9-2-3-10-11(6-9)15-5-4-14-10/h2-3,6,8,13H,4-5,7H2,1H3. The second-order valence-corrected chi connectivity index (χ2v) is 4.39. The summed E-state index contributed by atoms with van der Waals surface area (Å²) in [6.07, 6.45) is 0.840. The average Bonchev–Trinajstić information content (AvgIpc) is 2.88. The van der Waals surface area contributed by atoms with Gasteiger partial charge in [-0.15, -0.1) is 0 Å². The fraction of sp³-hybridized carbons (Fsp3) is 0.500. The molecule has 1 fully saturated rings. The van der Waals surface area contributed by atoms with Crippen LogP contribution in [0.1, 0.15) is 18.9 Å². The van der Waals surface area contributed by atoms with E-state index in [1.165, 1.54) is 0 Å². The van der Waals surface area contributed by atoms with E-state index >= 15 is 0 Å². The Morgan fingerprint density at radius 1 is 1.27 bits per heavy atom. The van der Waals surface area contributed by atoms with Crippen molar-refractivity contribution in [1.29, 1.82) is 0 Å². The second-order valence-electron chi connectivity index (χ2n) is 4.39. The molecule has 15 heavy (non-hydrogen) atoms. The van der Waals surface area contributed by atoms with Gasteiger partial charge < -0.3 is 14.6 Å². The lowest BCUT2D eigenvalue weighted by Gasteiger charge is -2.20. The number of fused-ring (bicyclic) bond motifs is 1. The highest BCUT2D eigenvalue weighted by Crippen LogP contribution is 2.52. The van der Waals surface area contributed by atoms with Crippen LogP contribution in [0.15, 0.2) is 18.2 Å². The largest absolute Gasteiger partial charge is 0.486 e. The average molecular weight is 206 g/mol. The third-order valence-electron chi connectivity index (χ3n) is 3.31. The van der Waals surface area contributed by atoms with Gasteiger partial charge in [-0.05, 0) is 30.0 Å². The van der Waals surface area contributed by atoms with Gasteiger partial charge >= 0.3 is 0 Å². The van der Waals surface area contributed by atoms with Crippen LogP contribution in [0.3, 0.4) is 0 Å². The maximum atomic E-state index is 10.2. The summed E-state index contributed by atoms with van der Waals surface area (Å²) in [5.41, 5.74) is 0.315. The number of benzene rings is 1. The van der Waals surface area contributed by atoms with Gasteiger partial charge in [-0.3, -0.25) is 0 Å². The number of ether oxygens (including phenoxy) is 2. The summed E-state index contributed by atoms with van der Waals surface area (Å²) in [6, 6.07) is 5.71. The fourth-order valence-electron chi connectivity index (χ4n) is 2.12. The lowest BCUT2D eigenvalue weighted by atomic mass is 10.1. The quantitative estimate of drug-likeness (QED) is 0.759. The van der Waals surface area contributed by atoms with Gasteiger partial charge in [0.05, 0.1) is 5.60 Å². The zero-order chi connectivity index (χ0) is 10.5. The Kier molecular flexibility index (Phi) is 1.74. The smallest absolute Gasteiger partial charge is 0.161 e. The molecular formula is C12H14O3. The highest BCUT2D eigenvalue weighted by atomic mass is 16.6. The minimum atomic E-state index is -0.629. The van der Waals surface area contributed by atoms with E-state index < -0.39 is 5.60 Å². The van der Waals surface area contributed by atoms with Gasteiger partial charge in [0.25, 0.3) is 0 Å². The van der Waals surface area contributed by atoms with Crippen LogP contribution in [0, 0.1) is 5.92 Å². The molecule has 3 heteroatoms. The first-order valence-electron chi connectivity index (χ1n) is 5.33. The Labute approximate surface area is 88.6 Å². The minimum Gasteiger partial charge on any atom is -0.486 e. The van der Waals surface area contributed by atoms with Crippen molar-refractivity contribution in [3.05, 3.63) is 23.8 Å². The minimum absolute atomic E-state index is 0.347. The van der Waals surface area contributed by atoms with Crippen molar-refractivity contribution in [2.24, 2.45) is 5.92 Å².